The molecule has 70 valence electrons. The highest BCUT2D eigenvalue weighted by Gasteiger charge is 1.91. The lowest BCUT2D eigenvalue weighted by Gasteiger charge is -2.03. The van der Waals surface area contributed by atoms with Crippen LogP contribution in [0, 0.1) is 0 Å². The molecule has 0 heterocycles. The predicted octanol–water partition coefficient (Wildman–Crippen LogP) is 1.94. The van der Waals surface area contributed by atoms with Crippen LogP contribution < -0.4 is 5.32 Å². The number of hydrogen-bond donors (Lipinski definition) is 1. The van der Waals surface area contributed by atoms with Gasteiger partial charge in [0.2, 0.25) is 0 Å². The number of ether oxygens (including phenoxy) is 1. The number of allylic oxidation sites excluding steroid dienone is 1. The van der Waals surface area contributed by atoms with E-state index in [-0.39, 0.29) is 0 Å². The average Bonchev–Trinajstić information content (AvgIpc) is 2.21. The molecule has 0 bridgehead atoms. The van der Waals surface area contributed by atoms with E-state index in [9.17, 15) is 0 Å². The average molecular weight is 177 g/mol. The Morgan fingerprint density at radius 1 is 1.38 bits per heavy atom. The Kier molecular flexibility index (Phi) is 3.89. The molecular formula is C11H15NO. The first kappa shape index (κ1) is 9.65. The molecule has 1 N–H and O–H groups in total. The van der Waals surface area contributed by atoms with E-state index in [1.165, 1.54) is 5.56 Å². The lowest BCUT2D eigenvalue weighted by Crippen LogP contribution is -2.07. The van der Waals surface area contributed by atoms with E-state index in [2.05, 4.69) is 17.4 Å². The third kappa shape index (κ3) is 3.20. The van der Waals surface area contributed by atoms with Crippen molar-refractivity contribution in [1.82, 2.24) is 5.32 Å². The molecule has 13 heavy (non-hydrogen) atoms. The summed E-state index contributed by atoms with van der Waals surface area (Å²) in [4.78, 5) is 0. The van der Waals surface area contributed by atoms with Gasteiger partial charge >= 0.3 is 0 Å². The smallest absolute Gasteiger partial charge is 0.182 e. The normalized spacial score (nSPS) is 11.1. The standard InChI is InChI=1S/C11H15NO/c1-12-11(13-2)9-8-10-6-4-3-5-7-10/h3-7,9,12H,8H2,1-2H3. The second-order valence-electron chi connectivity index (χ2n) is 2.71. The van der Waals surface area contributed by atoms with Crippen LogP contribution in [0.4, 0.5) is 0 Å². The number of hydrogen-bond acceptors (Lipinski definition) is 2. The third-order valence-corrected chi connectivity index (χ3v) is 1.83. The van der Waals surface area contributed by atoms with Crippen molar-refractivity contribution in [2.45, 2.75) is 6.42 Å². The second kappa shape index (κ2) is 5.25. The Morgan fingerprint density at radius 2 is 2.08 bits per heavy atom. The number of benzene rings is 1. The van der Waals surface area contributed by atoms with E-state index < -0.39 is 0 Å². The first-order valence-electron chi connectivity index (χ1n) is 4.32. The number of rotatable bonds is 4. The van der Waals surface area contributed by atoms with Gasteiger partial charge in [-0.15, -0.1) is 0 Å². The molecule has 1 rings (SSSR count). The molecule has 0 aromatic heterocycles. The highest BCUT2D eigenvalue weighted by Crippen LogP contribution is 2.01. The molecule has 0 aliphatic heterocycles. The fourth-order valence-corrected chi connectivity index (χ4v) is 1.11. The predicted molar refractivity (Wildman–Crippen MR) is 54.3 cm³/mol. The molecule has 0 saturated heterocycles. The van der Waals surface area contributed by atoms with Crippen molar-refractivity contribution in [1.29, 1.82) is 0 Å². The van der Waals surface area contributed by atoms with Crippen LogP contribution in [-0.2, 0) is 11.2 Å². The van der Waals surface area contributed by atoms with Gasteiger partial charge in [0.05, 0.1) is 7.11 Å². The zero-order chi connectivity index (χ0) is 9.52. The van der Waals surface area contributed by atoms with Gasteiger partial charge in [-0.2, -0.15) is 0 Å². The Morgan fingerprint density at radius 3 is 2.62 bits per heavy atom. The van der Waals surface area contributed by atoms with Crippen molar-refractivity contribution in [2.75, 3.05) is 14.2 Å². The van der Waals surface area contributed by atoms with Crippen molar-refractivity contribution in [3.8, 4) is 0 Å². The first-order chi connectivity index (χ1) is 6.36. The SMILES string of the molecule is CNC(=CCc1ccccc1)OC. The molecule has 1 aromatic carbocycles. The summed E-state index contributed by atoms with van der Waals surface area (Å²) in [5.74, 6) is 0.809. The molecule has 0 fully saturated rings. The second-order valence-corrected chi connectivity index (χ2v) is 2.71. The van der Waals surface area contributed by atoms with E-state index in [0.717, 1.165) is 12.3 Å². The lowest BCUT2D eigenvalue weighted by atomic mass is 10.1. The molecule has 0 radical (unpaired) electrons. The fraction of sp³-hybridized carbons (Fsp3) is 0.273. The minimum absolute atomic E-state index is 0.809. The molecule has 0 atom stereocenters. The highest BCUT2D eigenvalue weighted by atomic mass is 16.5. The molecule has 1 aromatic rings. The van der Waals surface area contributed by atoms with Crippen LogP contribution in [0.25, 0.3) is 0 Å². The molecule has 0 amide bonds. The summed E-state index contributed by atoms with van der Waals surface area (Å²) in [6, 6.07) is 10.3. The summed E-state index contributed by atoms with van der Waals surface area (Å²) >= 11 is 0. The Labute approximate surface area is 79.2 Å². The molecule has 0 aliphatic carbocycles. The van der Waals surface area contributed by atoms with Gasteiger partial charge in [-0.1, -0.05) is 30.3 Å². The van der Waals surface area contributed by atoms with Gasteiger partial charge in [-0.05, 0) is 18.1 Å². The quantitative estimate of drug-likeness (QED) is 0.710. The molecule has 2 nitrogen and oxygen atoms in total. The minimum Gasteiger partial charge on any atom is -0.483 e. The van der Waals surface area contributed by atoms with E-state index >= 15 is 0 Å². The lowest BCUT2D eigenvalue weighted by molar-refractivity contribution is 0.266. The molecule has 2 heteroatoms. The number of nitrogens with one attached hydrogen (secondary N) is 1. The topological polar surface area (TPSA) is 21.3 Å². The Balaban J connectivity index is 2.55. The maximum atomic E-state index is 5.07. The van der Waals surface area contributed by atoms with Crippen molar-refractivity contribution in [3.63, 3.8) is 0 Å². The number of methoxy groups -OCH3 is 1. The van der Waals surface area contributed by atoms with Gasteiger partial charge in [-0.3, -0.25) is 0 Å². The van der Waals surface area contributed by atoms with Gasteiger partial charge in [0.25, 0.3) is 0 Å². The molecule has 0 aliphatic rings. The van der Waals surface area contributed by atoms with Gasteiger partial charge in [0, 0.05) is 7.05 Å². The maximum absolute atomic E-state index is 5.07. The van der Waals surface area contributed by atoms with E-state index in [4.69, 9.17) is 4.74 Å². The largest absolute Gasteiger partial charge is 0.483 e. The van der Waals surface area contributed by atoms with Crippen LogP contribution in [0.5, 0.6) is 0 Å². The van der Waals surface area contributed by atoms with E-state index in [1.807, 2.05) is 31.3 Å². The molecular weight excluding hydrogens is 162 g/mol. The zero-order valence-electron chi connectivity index (χ0n) is 8.08. The summed E-state index contributed by atoms with van der Waals surface area (Å²) in [5.41, 5.74) is 1.28. The Hall–Kier alpha value is -1.44. The Bertz CT molecular complexity index is 261. The van der Waals surface area contributed by atoms with Gasteiger partial charge < -0.3 is 10.1 Å². The van der Waals surface area contributed by atoms with Crippen molar-refractivity contribution in [2.24, 2.45) is 0 Å². The van der Waals surface area contributed by atoms with Crippen LogP contribution in [0.3, 0.4) is 0 Å². The minimum atomic E-state index is 0.809. The monoisotopic (exact) mass is 177 g/mol. The highest BCUT2D eigenvalue weighted by molar-refractivity contribution is 5.17. The van der Waals surface area contributed by atoms with Crippen LogP contribution in [0.1, 0.15) is 5.56 Å². The van der Waals surface area contributed by atoms with Gasteiger partial charge in [0.1, 0.15) is 0 Å². The van der Waals surface area contributed by atoms with Gasteiger partial charge in [-0.25, -0.2) is 0 Å². The summed E-state index contributed by atoms with van der Waals surface area (Å²) in [6.07, 6.45) is 2.92. The van der Waals surface area contributed by atoms with Crippen LogP contribution >= 0.6 is 0 Å². The fourth-order valence-electron chi connectivity index (χ4n) is 1.11. The molecule has 0 saturated carbocycles. The van der Waals surface area contributed by atoms with Crippen molar-refractivity contribution in [3.05, 3.63) is 47.9 Å². The van der Waals surface area contributed by atoms with E-state index in [1.54, 1.807) is 7.11 Å². The van der Waals surface area contributed by atoms with Gasteiger partial charge in [0.15, 0.2) is 5.88 Å². The van der Waals surface area contributed by atoms with Crippen LogP contribution in [0.15, 0.2) is 42.3 Å². The van der Waals surface area contributed by atoms with Crippen molar-refractivity contribution >= 4 is 0 Å². The maximum Gasteiger partial charge on any atom is 0.182 e. The summed E-state index contributed by atoms with van der Waals surface area (Å²) < 4.78 is 5.07. The molecule has 0 unspecified atom stereocenters. The van der Waals surface area contributed by atoms with Crippen LogP contribution in [0.2, 0.25) is 0 Å². The summed E-state index contributed by atoms with van der Waals surface area (Å²) in [7, 11) is 3.51. The van der Waals surface area contributed by atoms with Crippen molar-refractivity contribution < 1.29 is 4.74 Å². The third-order valence-electron chi connectivity index (χ3n) is 1.83. The first-order valence-corrected chi connectivity index (χ1v) is 4.32. The van der Waals surface area contributed by atoms with E-state index in [0.29, 0.717) is 0 Å². The van der Waals surface area contributed by atoms with Crippen LogP contribution in [-0.4, -0.2) is 14.2 Å². The zero-order valence-corrected chi connectivity index (χ0v) is 8.08. The summed E-state index contributed by atoms with van der Waals surface area (Å²) in [6.45, 7) is 0. The molecule has 0 spiro atoms. The summed E-state index contributed by atoms with van der Waals surface area (Å²) in [5, 5.41) is 2.96.